The van der Waals surface area contributed by atoms with Crippen LogP contribution in [0.2, 0.25) is 5.02 Å². The second-order valence-electron chi connectivity index (χ2n) is 7.04. The van der Waals surface area contributed by atoms with E-state index >= 15 is 0 Å². The molecule has 1 heterocycles. The van der Waals surface area contributed by atoms with Crippen LogP contribution in [-0.4, -0.2) is 73.5 Å². The molecule has 0 saturated carbocycles. The number of methoxy groups -OCH3 is 1. The summed E-state index contributed by atoms with van der Waals surface area (Å²) < 4.78 is 5.27. The van der Waals surface area contributed by atoms with E-state index in [9.17, 15) is 9.59 Å². The van der Waals surface area contributed by atoms with Crippen LogP contribution in [0, 0.1) is 0 Å². The summed E-state index contributed by atoms with van der Waals surface area (Å²) in [7, 11) is 1.55. The van der Waals surface area contributed by atoms with Gasteiger partial charge < -0.3 is 15.4 Å². The summed E-state index contributed by atoms with van der Waals surface area (Å²) in [6.07, 6.45) is 0. The molecule has 0 bridgehead atoms. The molecule has 150 valence electrons. The van der Waals surface area contributed by atoms with Crippen molar-refractivity contribution in [2.45, 2.75) is 32.9 Å². The maximum atomic E-state index is 12.6. The van der Waals surface area contributed by atoms with E-state index in [1.54, 1.807) is 25.3 Å². The highest BCUT2D eigenvalue weighted by atomic mass is 35.5. The fraction of sp³-hybridized carbons (Fsp3) is 0.579. The molecule has 2 N–H and O–H groups in total. The summed E-state index contributed by atoms with van der Waals surface area (Å²) in [6.45, 7) is 9.15. The number of hydrogen-bond acceptors (Lipinski definition) is 5. The molecule has 7 nitrogen and oxygen atoms in total. The second-order valence-corrected chi connectivity index (χ2v) is 7.48. The number of halogens is 1. The number of rotatable bonds is 7. The minimum atomic E-state index is -0.291. The third kappa shape index (κ3) is 6.37. The monoisotopic (exact) mass is 396 g/mol. The van der Waals surface area contributed by atoms with Gasteiger partial charge in [0.1, 0.15) is 5.75 Å². The molecule has 1 aromatic carbocycles. The van der Waals surface area contributed by atoms with Gasteiger partial charge in [-0.3, -0.25) is 19.4 Å². The minimum absolute atomic E-state index is 0.0392. The Morgan fingerprint density at radius 1 is 1.19 bits per heavy atom. The van der Waals surface area contributed by atoms with Crippen LogP contribution >= 0.6 is 11.6 Å². The molecule has 1 aromatic rings. The summed E-state index contributed by atoms with van der Waals surface area (Å²) in [6, 6.07) is 4.97. The highest BCUT2D eigenvalue weighted by Gasteiger charge is 2.27. The first-order valence-electron chi connectivity index (χ1n) is 9.20. The van der Waals surface area contributed by atoms with E-state index in [-0.39, 0.29) is 23.9 Å². The predicted molar refractivity (Wildman–Crippen MR) is 107 cm³/mol. The number of ether oxygens (including phenoxy) is 1. The molecule has 2 amide bonds. The van der Waals surface area contributed by atoms with Gasteiger partial charge in [-0.15, -0.1) is 0 Å². The average molecular weight is 397 g/mol. The van der Waals surface area contributed by atoms with Gasteiger partial charge in [0.2, 0.25) is 11.8 Å². The van der Waals surface area contributed by atoms with E-state index in [2.05, 4.69) is 20.4 Å². The molecule has 1 saturated heterocycles. The lowest BCUT2D eigenvalue weighted by Crippen LogP contribution is -2.54. The second kappa shape index (κ2) is 9.92. The van der Waals surface area contributed by atoms with Crippen molar-refractivity contribution in [1.29, 1.82) is 0 Å². The number of anilines is 1. The molecule has 0 aliphatic carbocycles. The molecule has 1 atom stereocenters. The van der Waals surface area contributed by atoms with Crippen LogP contribution in [0.5, 0.6) is 5.75 Å². The van der Waals surface area contributed by atoms with Crippen molar-refractivity contribution in [2.75, 3.05) is 45.2 Å². The van der Waals surface area contributed by atoms with E-state index in [4.69, 9.17) is 16.3 Å². The number of carbonyl (C=O) groups excluding carboxylic acids is 2. The quantitative estimate of drug-likeness (QED) is 0.735. The van der Waals surface area contributed by atoms with Crippen molar-refractivity contribution in [3.8, 4) is 5.75 Å². The Kier molecular flexibility index (Phi) is 7.89. The van der Waals surface area contributed by atoms with Crippen LogP contribution in [0.15, 0.2) is 18.2 Å². The zero-order valence-electron chi connectivity index (χ0n) is 16.4. The molecule has 0 radical (unpaired) electrons. The fourth-order valence-electron chi connectivity index (χ4n) is 3.06. The Hall–Kier alpha value is -1.83. The Morgan fingerprint density at radius 3 is 2.44 bits per heavy atom. The summed E-state index contributed by atoms with van der Waals surface area (Å²) in [5, 5.41) is 6.33. The molecule has 1 fully saturated rings. The van der Waals surface area contributed by atoms with Gasteiger partial charge >= 0.3 is 0 Å². The maximum Gasteiger partial charge on any atom is 0.241 e. The lowest BCUT2D eigenvalue weighted by atomic mass is 10.2. The molecular formula is C19H29ClN4O3. The molecule has 0 aromatic heterocycles. The van der Waals surface area contributed by atoms with E-state index in [1.807, 2.05) is 20.8 Å². The lowest BCUT2D eigenvalue weighted by Gasteiger charge is -2.37. The van der Waals surface area contributed by atoms with Gasteiger partial charge in [0.15, 0.2) is 0 Å². The number of nitrogens with zero attached hydrogens (tertiary/aromatic N) is 2. The van der Waals surface area contributed by atoms with Gasteiger partial charge in [0.25, 0.3) is 0 Å². The van der Waals surface area contributed by atoms with Crippen molar-refractivity contribution < 1.29 is 14.3 Å². The first kappa shape index (κ1) is 21.5. The van der Waals surface area contributed by atoms with Crippen LogP contribution in [0.1, 0.15) is 20.8 Å². The highest BCUT2D eigenvalue weighted by Crippen LogP contribution is 2.28. The maximum absolute atomic E-state index is 12.6. The molecule has 1 aliphatic heterocycles. The standard InChI is InChI=1S/C19H29ClN4O3/c1-13(2)21-18(25)12-23-7-9-24(10-8-23)14(3)19(26)22-16-11-15(20)5-6-17(16)27-4/h5-6,11,13-14H,7-10,12H2,1-4H3,(H,21,25)(H,22,26)/t14-/m1/s1. The van der Waals surface area contributed by atoms with E-state index < -0.39 is 0 Å². The number of nitrogens with one attached hydrogen (secondary N) is 2. The number of benzene rings is 1. The fourth-order valence-corrected chi connectivity index (χ4v) is 3.23. The Balaban J connectivity index is 1.86. The van der Waals surface area contributed by atoms with Gasteiger partial charge in [-0.2, -0.15) is 0 Å². The van der Waals surface area contributed by atoms with Crippen LogP contribution in [0.3, 0.4) is 0 Å². The summed E-state index contributed by atoms with van der Waals surface area (Å²) in [5.74, 6) is 0.500. The predicted octanol–water partition coefficient (Wildman–Crippen LogP) is 1.82. The topological polar surface area (TPSA) is 73.9 Å². The first-order valence-corrected chi connectivity index (χ1v) is 9.58. The van der Waals surface area contributed by atoms with Crippen LogP contribution in [-0.2, 0) is 9.59 Å². The van der Waals surface area contributed by atoms with Gasteiger partial charge in [0.05, 0.1) is 25.4 Å². The zero-order chi connectivity index (χ0) is 20.0. The van der Waals surface area contributed by atoms with Gasteiger partial charge in [-0.1, -0.05) is 11.6 Å². The Labute approximate surface area is 166 Å². The summed E-state index contributed by atoms with van der Waals surface area (Å²) >= 11 is 6.02. The van der Waals surface area contributed by atoms with E-state index in [1.165, 1.54) is 0 Å². The van der Waals surface area contributed by atoms with Crippen molar-refractivity contribution >= 4 is 29.1 Å². The van der Waals surface area contributed by atoms with Gasteiger partial charge in [0, 0.05) is 37.2 Å². The molecule has 1 aliphatic rings. The first-order chi connectivity index (χ1) is 12.8. The average Bonchev–Trinajstić information content (AvgIpc) is 2.61. The SMILES string of the molecule is COc1ccc(Cl)cc1NC(=O)[C@@H](C)N1CCN(CC(=O)NC(C)C)CC1. The molecular weight excluding hydrogens is 368 g/mol. The van der Waals surface area contributed by atoms with Crippen LogP contribution in [0.25, 0.3) is 0 Å². The van der Waals surface area contributed by atoms with Crippen molar-refractivity contribution in [3.63, 3.8) is 0 Å². The summed E-state index contributed by atoms with van der Waals surface area (Å²) in [5.41, 5.74) is 0.561. The molecule has 0 unspecified atom stereocenters. The lowest BCUT2D eigenvalue weighted by molar-refractivity contribution is -0.125. The zero-order valence-corrected chi connectivity index (χ0v) is 17.2. The Bertz CT molecular complexity index is 660. The highest BCUT2D eigenvalue weighted by molar-refractivity contribution is 6.31. The van der Waals surface area contributed by atoms with Crippen molar-refractivity contribution in [3.05, 3.63) is 23.2 Å². The number of carbonyl (C=O) groups is 2. The third-order valence-corrected chi connectivity index (χ3v) is 4.81. The van der Waals surface area contributed by atoms with Crippen LogP contribution < -0.4 is 15.4 Å². The normalized spacial score (nSPS) is 16.8. The van der Waals surface area contributed by atoms with Gasteiger partial charge in [-0.25, -0.2) is 0 Å². The molecule has 2 rings (SSSR count). The molecule has 0 spiro atoms. The number of hydrogen-bond donors (Lipinski definition) is 2. The van der Waals surface area contributed by atoms with Crippen molar-refractivity contribution in [1.82, 2.24) is 15.1 Å². The number of amides is 2. The Morgan fingerprint density at radius 2 is 1.85 bits per heavy atom. The third-order valence-electron chi connectivity index (χ3n) is 4.57. The van der Waals surface area contributed by atoms with Gasteiger partial charge in [-0.05, 0) is 39.0 Å². The van der Waals surface area contributed by atoms with E-state index in [0.29, 0.717) is 23.0 Å². The molecule has 8 heteroatoms. The minimum Gasteiger partial charge on any atom is -0.495 e. The number of piperazine rings is 1. The van der Waals surface area contributed by atoms with E-state index in [0.717, 1.165) is 26.2 Å². The van der Waals surface area contributed by atoms with Crippen molar-refractivity contribution in [2.24, 2.45) is 0 Å². The summed E-state index contributed by atoms with van der Waals surface area (Å²) in [4.78, 5) is 28.8. The smallest absolute Gasteiger partial charge is 0.241 e. The van der Waals surface area contributed by atoms with Crippen LogP contribution in [0.4, 0.5) is 5.69 Å². The molecule has 27 heavy (non-hydrogen) atoms. The largest absolute Gasteiger partial charge is 0.495 e.